The van der Waals surface area contributed by atoms with Crippen molar-refractivity contribution < 1.29 is 22.3 Å². The third kappa shape index (κ3) is 5.95. The van der Waals surface area contributed by atoms with E-state index in [4.69, 9.17) is 27.9 Å². The molecule has 5 rings (SSSR count). The van der Waals surface area contributed by atoms with Crippen molar-refractivity contribution in [2.75, 3.05) is 25.0 Å². The molecule has 3 heterocycles. The maximum atomic E-state index is 13.7. The quantitative estimate of drug-likeness (QED) is 0.316. The Balaban J connectivity index is 1.51. The van der Waals surface area contributed by atoms with Crippen LogP contribution in [0.25, 0.3) is 0 Å². The van der Waals surface area contributed by atoms with E-state index in [1.165, 1.54) is 22.5 Å². The lowest BCUT2D eigenvalue weighted by molar-refractivity contribution is 0.0717. The van der Waals surface area contributed by atoms with Crippen molar-refractivity contribution in [3.63, 3.8) is 0 Å². The molecule has 2 aromatic carbocycles. The average Bonchev–Trinajstić information content (AvgIpc) is 3.19. The molecule has 2 atom stereocenters. The first-order chi connectivity index (χ1) is 19.8. The molecule has 1 aromatic heterocycles. The predicted molar refractivity (Wildman–Crippen MR) is 161 cm³/mol. The molecule has 2 fully saturated rings. The SMILES string of the molecule is CN(C(C)(C)C)S(=O)(=O)c1cc(Cl)c(OCc2ccncc2)c(N2[C@@H]3CC[C@H]2CN(C(=O)c2ccc(F)cc2Cl)C3)c1. The molecule has 0 unspecified atom stereocenters. The predicted octanol–water partition coefficient (Wildman–Crippen LogP) is 6.02. The molecule has 12 heteroatoms. The zero-order valence-electron chi connectivity index (χ0n) is 23.9. The molecular weight excluding hydrogens is 602 g/mol. The fraction of sp³-hybridized carbons (Fsp3) is 0.400. The van der Waals surface area contributed by atoms with Gasteiger partial charge in [-0.15, -0.1) is 0 Å². The minimum Gasteiger partial charge on any atom is -0.485 e. The van der Waals surface area contributed by atoms with Crippen molar-refractivity contribution in [3.05, 3.63) is 81.8 Å². The molecule has 8 nitrogen and oxygen atoms in total. The fourth-order valence-electron chi connectivity index (χ4n) is 5.49. The van der Waals surface area contributed by atoms with E-state index in [1.807, 2.05) is 32.9 Å². The molecule has 2 aliphatic heterocycles. The highest BCUT2D eigenvalue weighted by Gasteiger charge is 2.44. The van der Waals surface area contributed by atoms with Crippen molar-refractivity contribution in [2.24, 2.45) is 0 Å². The summed E-state index contributed by atoms with van der Waals surface area (Å²) in [6, 6.07) is 10.2. The van der Waals surface area contributed by atoms with Crippen LogP contribution in [0.2, 0.25) is 10.0 Å². The number of ether oxygens (including phenoxy) is 1. The Morgan fingerprint density at radius 1 is 1.05 bits per heavy atom. The third-order valence-corrected chi connectivity index (χ3v) is 10.6. The van der Waals surface area contributed by atoms with Gasteiger partial charge in [0.1, 0.15) is 12.4 Å². The molecule has 0 spiro atoms. The summed E-state index contributed by atoms with van der Waals surface area (Å²) in [5.74, 6) is -0.402. The molecule has 0 radical (unpaired) electrons. The van der Waals surface area contributed by atoms with Crippen LogP contribution in [-0.4, -0.2) is 66.3 Å². The van der Waals surface area contributed by atoms with Crippen LogP contribution in [0.5, 0.6) is 5.75 Å². The number of fused-ring (bicyclic) bond motifs is 2. The molecule has 0 saturated carbocycles. The first-order valence-electron chi connectivity index (χ1n) is 13.6. The normalized spacial score (nSPS) is 19.0. The topological polar surface area (TPSA) is 83.1 Å². The van der Waals surface area contributed by atoms with Gasteiger partial charge in [-0.2, -0.15) is 4.31 Å². The van der Waals surface area contributed by atoms with Crippen LogP contribution in [0.15, 0.2) is 59.8 Å². The number of pyridine rings is 1. The van der Waals surface area contributed by atoms with Crippen molar-refractivity contribution in [2.45, 2.75) is 62.7 Å². The Hall–Kier alpha value is -2.92. The largest absolute Gasteiger partial charge is 0.485 e. The average molecular weight is 636 g/mol. The van der Waals surface area contributed by atoms with Gasteiger partial charge in [-0.3, -0.25) is 9.78 Å². The number of likely N-dealkylation sites (tertiary alicyclic amines) is 1. The van der Waals surface area contributed by atoms with E-state index in [1.54, 1.807) is 30.4 Å². The summed E-state index contributed by atoms with van der Waals surface area (Å²) >= 11 is 13.0. The number of nitrogens with zero attached hydrogens (tertiary/aromatic N) is 4. The van der Waals surface area contributed by atoms with Gasteiger partial charge in [0.05, 0.1) is 26.2 Å². The minimum atomic E-state index is -3.90. The molecule has 2 bridgehead atoms. The number of rotatable bonds is 7. The van der Waals surface area contributed by atoms with E-state index in [-0.39, 0.29) is 45.1 Å². The number of benzene rings is 2. The highest BCUT2D eigenvalue weighted by atomic mass is 35.5. The van der Waals surface area contributed by atoms with Gasteiger partial charge in [-0.1, -0.05) is 23.2 Å². The van der Waals surface area contributed by atoms with E-state index in [9.17, 15) is 17.6 Å². The first-order valence-corrected chi connectivity index (χ1v) is 15.8. The fourth-order valence-corrected chi connectivity index (χ4v) is 7.63. The Morgan fingerprint density at radius 2 is 1.69 bits per heavy atom. The van der Waals surface area contributed by atoms with E-state index in [2.05, 4.69) is 9.88 Å². The van der Waals surface area contributed by atoms with Crippen molar-refractivity contribution >= 4 is 44.8 Å². The van der Waals surface area contributed by atoms with Gasteiger partial charge in [0, 0.05) is 50.2 Å². The molecule has 1 amide bonds. The van der Waals surface area contributed by atoms with Crippen LogP contribution in [0.4, 0.5) is 10.1 Å². The second-order valence-corrected chi connectivity index (χ2v) is 14.5. The summed E-state index contributed by atoms with van der Waals surface area (Å²) in [6.45, 7) is 6.43. The van der Waals surface area contributed by atoms with Crippen LogP contribution in [-0.2, 0) is 16.6 Å². The zero-order chi connectivity index (χ0) is 30.4. The summed E-state index contributed by atoms with van der Waals surface area (Å²) in [5, 5.41) is 0.243. The lowest BCUT2D eigenvalue weighted by Gasteiger charge is -2.43. The highest BCUT2D eigenvalue weighted by molar-refractivity contribution is 7.89. The molecule has 3 aromatic rings. The molecular formula is C30H33Cl2FN4O4S. The van der Waals surface area contributed by atoms with Crippen LogP contribution >= 0.6 is 23.2 Å². The molecule has 42 heavy (non-hydrogen) atoms. The van der Waals surface area contributed by atoms with E-state index in [0.717, 1.165) is 24.5 Å². The maximum absolute atomic E-state index is 13.7. The van der Waals surface area contributed by atoms with Crippen LogP contribution in [0, 0.1) is 5.82 Å². The number of sulfonamides is 1. The van der Waals surface area contributed by atoms with Crippen LogP contribution in [0.3, 0.4) is 0 Å². The van der Waals surface area contributed by atoms with Crippen LogP contribution in [0.1, 0.15) is 49.5 Å². The number of hydrogen-bond donors (Lipinski definition) is 0. The summed E-state index contributed by atoms with van der Waals surface area (Å²) in [5.41, 5.74) is 1.03. The zero-order valence-corrected chi connectivity index (χ0v) is 26.2. The number of amides is 1. The summed E-state index contributed by atoms with van der Waals surface area (Å²) < 4.78 is 48.6. The minimum absolute atomic E-state index is 0.0622. The Labute approximate surface area is 256 Å². The van der Waals surface area contributed by atoms with Crippen LogP contribution < -0.4 is 9.64 Å². The number of carbonyl (C=O) groups is 1. The number of hydrogen-bond acceptors (Lipinski definition) is 6. The summed E-state index contributed by atoms with van der Waals surface area (Å²) in [6.07, 6.45) is 4.91. The molecule has 224 valence electrons. The van der Waals surface area contributed by atoms with Gasteiger partial charge >= 0.3 is 0 Å². The third-order valence-electron chi connectivity index (χ3n) is 7.94. The standard InChI is InChI=1S/C30H33Cl2FN4O4S/c1-30(2,3)35(4)42(39,40)23-14-26(32)28(41-18-19-9-11-34-12-10-19)27(15-23)37-21-6-7-22(37)17-36(16-21)29(38)24-8-5-20(33)13-25(24)31/h5,8-15,21-22H,6-7,16-18H2,1-4H3/t21-,22+. The lowest BCUT2D eigenvalue weighted by atomic mass is 10.1. The van der Waals surface area contributed by atoms with Gasteiger partial charge in [0.2, 0.25) is 10.0 Å². The molecule has 0 aliphatic carbocycles. The van der Waals surface area contributed by atoms with Gasteiger partial charge in [0.15, 0.2) is 5.75 Å². The maximum Gasteiger partial charge on any atom is 0.255 e. The smallest absolute Gasteiger partial charge is 0.255 e. The Bertz CT molecular complexity index is 1590. The highest BCUT2D eigenvalue weighted by Crippen LogP contribution is 2.45. The number of anilines is 1. The number of halogens is 3. The Kier molecular flexibility index (Phi) is 8.46. The number of carbonyl (C=O) groups excluding carboxylic acids is 1. The molecule has 0 N–H and O–H groups in total. The van der Waals surface area contributed by atoms with E-state index in [0.29, 0.717) is 24.5 Å². The van der Waals surface area contributed by atoms with E-state index < -0.39 is 21.4 Å². The summed E-state index contributed by atoms with van der Waals surface area (Å²) in [7, 11) is -2.35. The number of piperazine rings is 1. The van der Waals surface area contributed by atoms with Gasteiger partial charge in [-0.05, 0) is 81.6 Å². The van der Waals surface area contributed by atoms with Gasteiger partial charge in [-0.25, -0.2) is 12.8 Å². The van der Waals surface area contributed by atoms with Gasteiger partial charge in [0.25, 0.3) is 5.91 Å². The second-order valence-electron chi connectivity index (χ2n) is 11.7. The second kappa shape index (κ2) is 11.6. The van der Waals surface area contributed by atoms with Crippen molar-refractivity contribution in [1.82, 2.24) is 14.2 Å². The first kappa shape index (κ1) is 30.5. The summed E-state index contributed by atoms with van der Waals surface area (Å²) in [4.78, 5) is 21.4. The van der Waals surface area contributed by atoms with Crippen molar-refractivity contribution in [3.8, 4) is 5.75 Å². The lowest BCUT2D eigenvalue weighted by Crippen LogP contribution is -2.55. The molecule has 2 aliphatic rings. The molecule has 2 saturated heterocycles. The van der Waals surface area contributed by atoms with Crippen molar-refractivity contribution in [1.29, 1.82) is 0 Å². The number of aromatic nitrogens is 1. The Morgan fingerprint density at radius 3 is 2.29 bits per heavy atom. The monoisotopic (exact) mass is 634 g/mol. The van der Waals surface area contributed by atoms with Gasteiger partial charge < -0.3 is 14.5 Å². The van der Waals surface area contributed by atoms with E-state index >= 15 is 0 Å².